The highest BCUT2D eigenvalue weighted by Gasteiger charge is 2.15. The Hall–Kier alpha value is -2.40. The van der Waals surface area contributed by atoms with Crippen molar-refractivity contribution in [3.05, 3.63) is 53.9 Å². The van der Waals surface area contributed by atoms with Crippen LogP contribution in [-0.4, -0.2) is 49.0 Å². The van der Waals surface area contributed by atoms with Crippen LogP contribution in [0.4, 0.5) is 11.4 Å². The van der Waals surface area contributed by atoms with Crippen molar-refractivity contribution in [1.29, 1.82) is 0 Å². The van der Waals surface area contributed by atoms with Gasteiger partial charge in [-0.15, -0.1) is 0 Å². The fourth-order valence-corrected chi connectivity index (χ4v) is 2.75. The first-order chi connectivity index (χ1) is 11.1. The summed E-state index contributed by atoms with van der Waals surface area (Å²) in [7, 11) is 2.15. The summed E-state index contributed by atoms with van der Waals surface area (Å²) in [6.45, 7) is 6.28. The lowest BCUT2D eigenvalue weighted by atomic mass is 10.1. The van der Waals surface area contributed by atoms with E-state index < -0.39 is 0 Å². The predicted octanol–water partition coefficient (Wildman–Crippen LogP) is 2.39. The monoisotopic (exact) mass is 310 g/mol. The van der Waals surface area contributed by atoms with E-state index >= 15 is 0 Å². The minimum atomic E-state index is -0.108. The maximum absolute atomic E-state index is 12.2. The molecule has 5 nitrogen and oxygen atoms in total. The number of amides is 1. The van der Waals surface area contributed by atoms with Gasteiger partial charge in [0.1, 0.15) is 0 Å². The SMILES string of the molecule is Cc1cc(N2CCN(C)CC2)ccc1NC(=O)c1ccncc1. The van der Waals surface area contributed by atoms with Crippen LogP contribution >= 0.6 is 0 Å². The van der Waals surface area contributed by atoms with E-state index in [0.717, 1.165) is 37.4 Å². The van der Waals surface area contributed by atoms with Crippen LogP contribution in [0.2, 0.25) is 0 Å². The molecule has 120 valence electrons. The quantitative estimate of drug-likeness (QED) is 0.946. The fraction of sp³-hybridized carbons (Fsp3) is 0.333. The van der Waals surface area contributed by atoms with Crippen molar-refractivity contribution in [3.8, 4) is 0 Å². The maximum Gasteiger partial charge on any atom is 0.255 e. The van der Waals surface area contributed by atoms with Crippen molar-refractivity contribution >= 4 is 17.3 Å². The van der Waals surface area contributed by atoms with Gasteiger partial charge in [0.05, 0.1) is 0 Å². The fourth-order valence-electron chi connectivity index (χ4n) is 2.75. The van der Waals surface area contributed by atoms with Crippen LogP contribution in [0.5, 0.6) is 0 Å². The average Bonchev–Trinajstić information content (AvgIpc) is 2.58. The molecule has 23 heavy (non-hydrogen) atoms. The number of hydrogen-bond donors (Lipinski definition) is 1. The van der Waals surface area contributed by atoms with Gasteiger partial charge in [-0.3, -0.25) is 9.78 Å². The number of hydrogen-bond acceptors (Lipinski definition) is 4. The molecule has 0 spiro atoms. The summed E-state index contributed by atoms with van der Waals surface area (Å²) in [6.07, 6.45) is 3.25. The number of nitrogens with zero attached hydrogens (tertiary/aromatic N) is 3. The van der Waals surface area contributed by atoms with E-state index in [1.165, 1.54) is 5.69 Å². The summed E-state index contributed by atoms with van der Waals surface area (Å²) in [4.78, 5) is 20.9. The van der Waals surface area contributed by atoms with E-state index in [1.807, 2.05) is 13.0 Å². The number of anilines is 2. The third-order valence-electron chi connectivity index (χ3n) is 4.27. The van der Waals surface area contributed by atoms with E-state index in [4.69, 9.17) is 0 Å². The lowest BCUT2D eigenvalue weighted by Gasteiger charge is -2.34. The van der Waals surface area contributed by atoms with Crippen molar-refractivity contribution < 1.29 is 4.79 Å². The van der Waals surface area contributed by atoms with Crippen LogP contribution in [0.3, 0.4) is 0 Å². The number of carbonyl (C=O) groups is 1. The number of rotatable bonds is 3. The molecular formula is C18H22N4O. The second-order valence-electron chi connectivity index (χ2n) is 5.98. The summed E-state index contributed by atoms with van der Waals surface area (Å²) in [5, 5.41) is 2.97. The molecular weight excluding hydrogens is 288 g/mol. The molecule has 2 aromatic rings. The normalized spacial score (nSPS) is 15.5. The highest BCUT2D eigenvalue weighted by molar-refractivity contribution is 6.04. The number of benzene rings is 1. The molecule has 1 aliphatic rings. The van der Waals surface area contributed by atoms with Crippen LogP contribution in [0, 0.1) is 6.92 Å². The Kier molecular flexibility index (Phi) is 4.57. The largest absolute Gasteiger partial charge is 0.369 e. The Balaban J connectivity index is 1.71. The van der Waals surface area contributed by atoms with Crippen molar-refractivity contribution in [2.24, 2.45) is 0 Å². The van der Waals surface area contributed by atoms with Gasteiger partial charge in [0, 0.05) is 55.5 Å². The smallest absolute Gasteiger partial charge is 0.255 e. The first kappa shape index (κ1) is 15.5. The topological polar surface area (TPSA) is 48.5 Å². The van der Waals surface area contributed by atoms with Gasteiger partial charge in [0.2, 0.25) is 0 Å². The van der Waals surface area contributed by atoms with Gasteiger partial charge in [-0.1, -0.05) is 0 Å². The van der Waals surface area contributed by atoms with E-state index in [1.54, 1.807) is 24.5 Å². The number of pyridine rings is 1. The van der Waals surface area contributed by atoms with Crippen LogP contribution in [0.1, 0.15) is 15.9 Å². The molecule has 0 atom stereocenters. The number of aromatic nitrogens is 1. The molecule has 1 aromatic carbocycles. The average molecular weight is 310 g/mol. The Labute approximate surface area is 136 Å². The van der Waals surface area contributed by atoms with Crippen LogP contribution in [0.25, 0.3) is 0 Å². The molecule has 1 amide bonds. The molecule has 1 aromatic heterocycles. The van der Waals surface area contributed by atoms with Gasteiger partial charge in [0.25, 0.3) is 5.91 Å². The predicted molar refractivity (Wildman–Crippen MR) is 93.1 cm³/mol. The molecule has 1 saturated heterocycles. The molecule has 0 saturated carbocycles. The molecule has 5 heteroatoms. The molecule has 1 N–H and O–H groups in total. The van der Waals surface area contributed by atoms with Crippen molar-refractivity contribution in [1.82, 2.24) is 9.88 Å². The highest BCUT2D eigenvalue weighted by atomic mass is 16.1. The number of likely N-dealkylation sites (N-methyl/N-ethyl adjacent to an activating group) is 1. The number of piperazine rings is 1. The Morgan fingerprint density at radius 1 is 1.09 bits per heavy atom. The van der Waals surface area contributed by atoms with Crippen molar-refractivity contribution in [2.75, 3.05) is 43.4 Å². The van der Waals surface area contributed by atoms with Crippen molar-refractivity contribution in [2.45, 2.75) is 6.92 Å². The highest BCUT2D eigenvalue weighted by Crippen LogP contribution is 2.24. The second kappa shape index (κ2) is 6.79. The number of aryl methyl sites for hydroxylation is 1. The van der Waals surface area contributed by atoms with Crippen LogP contribution < -0.4 is 10.2 Å². The lowest BCUT2D eigenvalue weighted by Crippen LogP contribution is -2.44. The van der Waals surface area contributed by atoms with Gasteiger partial charge in [-0.2, -0.15) is 0 Å². The zero-order chi connectivity index (χ0) is 16.2. The lowest BCUT2D eigenvalue weighted by molar-refractivity contribution is 0.102. The summed E-state index contributed by atoms with van der Waals surface area (Å²) in [6, 6.07) is 9.64. The maximum atomic E-state index is 12.2. The van der Waals surface area contributed by atoms with Gasteiger partial charge in [0.15, 0.2) is 0 Å². The summed E-state index contributed by atoms with van der Waals surface area (Å²) < 4.78 is 0. The molecule has 0 radical (unpaired) electrons. The molecule has 1 fully saturated rings. The van der Waals surface area contributed by atoms with E-state index in [0.29, 0.717) is 5.56 Å². The van der Waals surface area contributed by atoms with Gasteiger partial charge in [-0.05, 0) is 49.9 Å². The van der Waals surface area contributed by atoms with Crippen LogP contribution in [0.15, 0.2) is 42.7 Å². The Morgan fingerprint density at radius 3 is 2.43 bits per heavy atom. The molecule has 1 aliphatic heterocycles. The molecule has 0 bridgehead atoms. The summed E-state index contributed by atoms with van der Waals surface area (Å²) >= 11 is 0. The first-order valence-corrected chi connectivity index (χ1v) is 7.89. The minimum Gasteiger partial charge on any atom is -0.369 e. The Morgan fingerprint density at radius 2 is 1.78 bits per heavy atom. The molecule has 0 unspecified atom stereocenters. The molecule has 0 aliphatic carbocycles. The molecule has 2 heterocycles. The van der Waals surface area contributed by atoms with Gasteiger partial charge >= 0.3 is 0 Å². The van der Waals surface area contributed by atoms with E-state index in [2.05, 4.69) is 39.3 Å². The number of nitrogens with one attached hydrogen (secondary N) is 1. The third-order valence-corrected chi connectivity index (χ3v) is 4.27. The van der Waals surface area contributed by atoms with Crippen LogP contribution in [-0.2, 0) is 0 Å². The van der Waals surface area contributed by atoms with Gasteiger partial charge < -0.3 is 15.1 Å². The zero-order valence-corrected chi connectivity index (χ0v) is 13.6. The first-order valence-electron chi connectivity index (χ1n) is 7.89. The third kappa shape index (κ3) is 3.68. The van der Waals surface area contributed by atoms with Crippen molar-refractivity contribution in [3.63, 3.8) is 0 Å². The zero-order valence-electron chi connectivity index (χ0n) is 13.6. The Bertz CT molecular complexity index is 679. The standard InChI is InChI=1S/C18H22N4O/c1-14-13-16(22-11-9-21(2)10-12-22)3-4-17(14)20-18(23)15-5-7-19-8-6-15/h3-8,13H,9-12H2,1-2H3,(H,20,23). The molecule has 3 rings (SSSR count). The van der Waals surface area contributed by atoms with E-state index in [9.17, 15) is 4.79 Å². The second-order valence-corrected chi connectivity index (χ2v) is 5.98. The number of carbonyl (C=O) groups excluding carboxylic acids is 1. The van der Waals surface area contributed by atoms with E-state index in [-0.39, 0.29) is 5.91 Å². The van der Waals surface area contributed by atoms with Gasteiger partial charge in [-0.25, -0.2) is 0 Å². The summed E-state index contributed by atoms with van der Waals surface area (Å²) in [5.41, 5.74) is 3.76. The minimum absolute atomic E-state index is 0.108. The summed E-state index contributed by atoms with van der Waals surface area (Å²) in [5.74, 6) is -0.108.